The van der Waals surface area contributed by atoms with Gasteiger partial charge in [-0.25, -0.2) is 4.98 Å². The summed E-state index contributed by atoms with van der Waals surface area (Å²) in [5.41, 5.74) is 2.37. The number of carboxylic acids is 1. The van der Waals surface area contributed by atoms with Crippen molar-refractivity contribution in [2.75, 3.05) is 19.8 Å². The number of nitrogens with zero attached hydrogens (tertiary/aromatic N) is 2. The van der Waals surface area contributed by atoms with Crippen LogP contribution in [-0.4, -0.2) is 52.7 Å². The van der Waals surface area contributed by atoms with E-state index in [0.717, 1.165) is 5.69 Å². The zero-order chi connectivity index (χ0) is 14.5. The lowest BCUT2D eigenvalue weighted by Gasteiger charge is -2.33. The van der Waals surface area contributed by atoms with Crippen molar-refractivity contribution in [3.05, 3.63) is 16.1 Å². The summed E-state index contributed by atoms with van der Waals surface area (Å²) in [7, 11) is 0. The van der Waals surface area contributed by atoms with Gasteiger partial charge in [-0.05, 0) is 19.3 Å². The summed E-state index contributed by atoms with van der Waals surface area (Å²) < 4.78 is 5.28. The molecule has 2 rings (SSSR count). The number of ether oxygens (including phenoxy) is 1. The van der Waals surface area contributed by atoms with Crippen molar-refractivity contribution in [1.82, 2.24) is 9.88 Å². The minimum absolute atomic E-state index is 0.0702. The van der Waals surface area contributed by atoms with Crippen LogP contribution in [0.1, 0.15) is 35.1 Å². The van der Waals surface area contributed by atoms with Crippen LogP contribution in [0.25, 0.3) is 0 Å². The average Bonchev–Trinajstić information content (AvgIpc) is 2.93. The van der Waals surface area contributed by atoms with Gasteiger partial charge in [-0.15, -0.1) is 11.3 Å². The SMILES string of the molecule is CCc1ncsc1C(=O)N(CC(=O)O)C1CCOCC1. The highest BCUT2D eigenvalue weighted by atomic mass is 32.1. The van der Waals surface area contributed by atoms with E-state index in [-0.39, 0.29) is 18.5 Å². The number of thiazole rings is 1. The van der Waals surface area contributed by atoms with Crippen molar-refractivity contribution in [1.29, 1.82) is 0 Å². The Morgan fingerprint density at radius 1 is 1.50 bits per heavy atom. The third-order valence-corrected chi connectivity index (χ3v) is 4.23. The molecule has 0 aliphatic carbocycles. The number of aliphatic carboxylic acids is 1. The van der Waals surface area contributed by atoms with Gasteiger partial charge < -0.3 is 14.7 Å². The summed E-state index contributed by atoms with van der Waals surface area (Å²) in [4.78, 5) is 29.8. The molecule has 1 fully saturated rings. The Bertz CT molecular complexity index is 482. The topological polar surface area (TPSA) is 79.7 Å². The summed E-state index contributed by atoms with van der Waals surface area (Å²) in [6.45, 7) is 2.79. The van der Waals surface area contributed by atoms with Gasteiger partial charge in [-0.1, -0.05) is 6.92 Å². The van der Waals surface area contributed by atoms with E-state index in [1.54, 1.807) is 5.51 Å². The molecule has 7 heteroatoms. The van der Waals surface area contributed by atoms with E-state index in [1.807, 2.05) is 6.92 Å². The predicted molar refractivity (Wildman–Crippen MR) is 74.0 cm³/mol. The number of amides is 1. The average molecular weight is 298 g/mol. The number of hydrogen-bond donors (Lipinski definition) is 1. The lowest BCUT2D eigenvalue weighted by atomic mass is 10.1. The van der Waals surface area contributed by atoms with E-state index < -0.39 is 5.97 Å². The third-order valence-electron chi connectivity index (χ3n) is 3.37. The molecule has 1 saturated heterocycles. The van der Waals surface area contributed by atoms with E-state index in [0.29, 0.717) is 37.4 Å². The van der Waals surface area contributed by atoms with Gasteiger partial charge in [0.05, 0.1) is 11.2 Å². The van der Waals surface area contributed by atoms with Crippen LogP contribution in [0.15, 0.2) is 5.51 Å². The number of aryl methyl sites for hydroxylation is 1. The highest BCUT2D eigenvalue weighted by Crippen LogP contribution is 2.21. The Balaban J connectivity index is 2.21. The first-order valence-electron chi connectivity index (χ1n) is 6.66. The lowest BCUT2D eigenvalue weighted by molar-refractivity contribution is -0.138. The lowest BCUT2D eigenvalue weighted by Crippen LogP contribution is -2.46. The van der Waals surface area contributed by atoms with Gasteiger partial charge in [-0.2, -0.15) is 0 Å². The summed E-state index contributed by atoms with van der Waals surface area (Å²) in [5, 5.41) is 9.05. The van der Waals surface area contributed by atoms with Crippen LogP contribution in [-0.2, 0) is 16.0 Å². The highest BCUT2D eigenvalue weighted by molar-refractivity contribution is 7.11. The predicted octanol–water partition coefficient (Wildman–Crippen LogP) is 1.41. The van der Waals surface area contributed by atoms with Gasteiger partial charge in [0.1, 0.15) is 11.4 Å². The Kier molecular flexibility index (Phi) is 5.08. The van der Waals surface area contributed by atoms with Gasteiger partial charge in [0, 0.05) is 19.3 Å². The van der Waals surface area contributed by atoms with Gasteiger partial charge in [-0.3, -0.25) is 9.59 Å². The summed E-state index contributed by atoms with van der Waals surface area (Å²) in [5.74, 6) is -1.22. The number of rotatable bonds is 5. The van der Waals surface area contributed by atoms with Gasteiger partial charge >= 0.3 is 5.97 Å². The molecule has 0 spiro atoms. The molecule has 2 heterocycles. The molecular formula is C13H18N2O4S. The van der Waals surface area contributed by atoms with Crippen molar-refractivity contribution in [2.24, 2.45) is 0 Å². The third kappa shape index (κ3) is 3.34. The van der Waals surface area contributed by atoms with Crippen LogP contribution in [0.5, 0.6) is 0 Å². The summed E-state index contributed by atoms with van der Waals surface area (Å²) in [6, 6.07) is -0.0702. The van der Waals surface area contributed by atoms with Gasteiger partial charge in [0.15, 0.2) is 0 Å². The molecular weight excluding hydrogens is 280 g/mol. The maximum absolute atomic E-state index is 12.6. The highest BCUT2D eigenvalue weighted by Gasteiger charge is 2.30. The fourth-order valence-electron chi connectivity index (χ4n) is 2.33. The summed E-state index contributed by atoms with van der Waals surface area (Å²) in [6.07, 6.45) is 2.03. The van der Waals surface area contributed by atoms with Crippen LogP contribution < -0.4 is 0 Å². The second-order valence-electron chi connectivity index (χ2n) is 4.65. The minimum Gasteiger partial charge on any atom is -0.480 e. The van der Waals surface area contributed by atoms with Crippen molar-refractivity contribution in [3.8, 4) is 0 Å². The molecule has 20 heavy (non-hydrogen) atoms. The zero-order valence-corrected chi connectivity index (χ0v) is 12.2. The second-order valence-corrected chi connectivity index (χ2v) is 5.51. The van der Waals surface area contributed by atoms with Crippen LogP contribution >= 0.6 is 11.3 Å². The minimum atomic E-state index is -0.993. The molecule has 0 bridgehead atoms. The molecule has 1 amide bonds. The Morgan fingerprint density at radius 2 is 2.20 bits per heavy atom. The van der Waals surface area contributed by atoms with E-state index in [9.17, 15) is 9.59 Å². The molecule has 0 aromatic carbocycles. The van der Waals surface area contributed by atoms with Gasteiger partial charge in [0.2, 0.25) is 0 Å². The standard InChI is InChI=1S/C13H18N2O4S/c1-2-10-12(20-8-14-10)13(18)15(7-11(16)17)9-3-5-19-6-4-9/h8-9H,2-7H2,1H3,(H,16,17). The molecule has 0 radical (unpaired) electrons. The van der Waals surface area contributed by atoms with Crippen molar-refractivity contribution in [3.63, 3.8) is 0 Å². The van der Waals surface area contributed by atoms with Crippen LogP contribution in [0.4, 0.5) is 0 Å². The first kappa shape index (κ1) is 14.9. The van der Waals surface area contributed by atoms with E-state index >= 15 is 0 Å². The molecule has 1 aliphatic heterocycles. The van der Waals surface area contributed by atoms with E-state index in [4.69, 9.17) is 9.84 Å². The van der Waals surface area contributed by atoms with E-state index in [1.165, 1.54) is 16.2 Å². The summed E-state index contributed by atoms with van der Waals surface area (Å²) >= 11 is 1.28. The molecule has 6 nitrogen and oxygen atoms in total. The van der Waals surface area contributed by atoms with Crippen LogP contribution in [0.3, 0.4) is 0 Å². The molecule has 1 aliphatic rings. The van der Waals surface area contributed by atoms with Crippen molar-refractivity contribution >= 4 is 23.2 Å². The Labute approximate surface area is 121 Å². The molecule has 1 aromatic heterocycles. The van der Waals surface area contributed by atoms with Crippen molar-refractivity contribution < 1.29 is 19.4 Å². The number of hydrogen-bond acceptors (Lipinski definition) is 5. The van der Waals surface area contributed by atoms with Gasteiger partial charge in [0.25, 0.3) is 5.91 Å². The maximum Gasteiger partial charge on any atom is 0.323 e. The normalized spacial score (nSPS) is 16.1. The quantitative estimate of drug-likeness (QED) is 0.889. The number of carbonyl (C=O) groups is 2. The van der Waals surface area contributed by atoms with E-state index in [2.05, 4.69) is 4.98 Å². The maximum atomic E-state index is 12.6. The molecule has 1 N–H and O–H groups in total. The fraction of sp³-hybridized carbons (Fsp3) is 0.615. The van der Waals surface area contributed by atoms with Crippen LogP contribution in [0.2, 0.25) is 0 Å². The van der Waals surface area contributed by atoms with Crippen LogP contribution in [0, 0.1) is 0 Å². The first-order valence-corrected chi connectivity index (χ1v) is 7.54. The molecule has 110 valence electrons. The Morgan fingerprint density at radius 3 is 2.80 bits per heavy atom. The number of carboxylic acid groups (broad SMARTS) is 1. The zero-order valence-electron chi connectivity index (χ0n) is 11.4. The second kappa shape index (κ2) is 6.81. The number of carbonyl (C=O) groups excluding carboxylic acids is 1. The smallest absolute Gasteiger partial charge is 0.323 e. The molecule has 0 atom stereocenters. The molecule has 0 saturated carbocycles. The number of aromatic nitrogens is 1. The van der Waals surface area contributed by atoms with Crippen molar-refractivity contribution in [2.45, 2.75) is 32.2 Å². The molecule has 1 aromatic rings. The Hall–Kier alpha value is -1.47. The fourth-order valence-corrected chi connectivity index (χ4v) is 3.17. The monoisotopic (exact) mass is 298 g/mol. The largest absolute Gasteiger partial charge is 0.480 e. The molecule has 0 unspecified atom stereocenters. The first-order chi connectivity index (χ1) is 9.63.